The summed E-state index contributed by atoms with van der Waals surface area (Å²) in [6.07, 6.45) is 2.77. The molecule has 2 aromatic carbocycles. The lowest BCUT2D eigenvalue weighted by atomic mass is 10.1. The van der Waals surface area contributed by atoms with Crippen molar-refractivity contribution in [1.82, 2.24) is 9.78 Å². The molecule has 27 heavy (non-hydrogen) atoms. The van der Waals surface area contributed by atoms with Crippen LogP contribution >= 0.6 is 0 Å². The highest BCUT2D eigenvalue weighted by Gasteiger charge is 2.27. The Morgan fingerprint density at radius 1 is 1.04 bits per heavy atom. The van der Waals surface area contributed by atoms with Crippen molar-refractivity contribution in [3.63, 3.8) is 0 Å². The molecular weight excluding hydrogens is 338 g/mol. The molecule has 0 unspecified atom stereocenters. The second-order valence-electron chi connectivity index (χ2n) is 6.93. The average molecular weight is 359 g/mol. The molecule has 0 saturated heterocycles. The zero-order valence-electron chi connectivity index (χ0n) is 15.5. The maximum Gasteiger partial charge on any atom is 0.276 e. The maximum absolute atomic E-state index is 12.9. The van der Waals surface area contributed by atoms with Crippen LogP contribution in [-0.2, 0) is 12.8 Å². The summed E-state index contributed by atoms with van der Waals surface area (Å²) in [4.78, 5) is 24.8. The van der Waals surface area contributed by atoms with Crippen molar-refractivity contribution >= 4 is 17.4 Å². The zero-order valence-corrected chi connectivity index (χ0v) is 15.5. The Morgan fingerprint density at radius 2 is 1.78 bits per heavy atom. The molecule has 4 rings (SSSR count). The van der Waals surface area contributed by atoms with E-state index in [2.05, 4.69) is 10.4 Å². The number of carbonyl (C=O) groups is 2. The van der Waals surface area contributed by atoms with Gasteiger partial charge in [-0.05, 0) is 57.4 Å². The van der Waals surface area contributed by atoms with E-state index in [0.29, 0.717) is 16.9 Å². The Labute approximate surface area is 158 Å². The van der Waals surface area contributed by atoms with Crippen molar-refractivity contribution in [2.75, 3.05) is 5.32 Å². The van der Waals surface area contributed by atoms with Crippen molar-refractivity contribution in [3.8, 4) is 5.69 Å². The molecule has 0 radical (unpaired) electrons. The van der Waals surface area contributed by atoms with E-state index in [4.69, 9.17) is 0 Å². The summed E-state index contributed by atoms with van der Waals surface area (Å²) in [7, 11) is 0. The number of ketones is 1. The van der Waals surface area contributed by atoms with Crippen LogP contribution in [0, 0.1) is 6.92 Å². The average Bonchev–Trinajstić information content (AvgIpc) is 3.25. The van der Waals surface area contributed by atoms with E-state index in [0.717, 1.165) is 36.2 Å². The number of aromatic nitrogens is 2. The molecule has 0 aliphatic heterocycles. The van der Waals surface area contributed by atoms with Gasteiger partial charge in [0.15, 0.2) is 11.5 Å². The van der Waals surface area contributed by atoms with Crippen LogP contribution in [0.15, 0.2) is 48.5 Å². The van der Waals surface area contributed by atoms with Gasteiger partial charge in [0.1, 0.15) is 0 Å². The lowest BCUT2D eigenvalue weighted by Gasteiger charge is -2.08. The molecule has 1 aromatic heterocycles. The molecule has 5 nitrogen and oxygen atoms in total. The second kappa shape index (κ2) is 6.83. The second-order valence-corrected chi connectivity index (χ2v) is 6.93. The highest BCUT2D eigenvalue weighted by molar-refractivity contribution is 6.08. The predicted octanol–water partition coefficient (Wildman–Crippen LogP) is 4.12. The molecule has 136 valence electrons. The van der Waals surface area contributed by atoms with Crippen molar-refractivity contribution in [1.29, 1.82) is 0 Å². The van der Waals surface area contributed by atoms with Gasteiger partial charge in [-0.2, -0.15) is 5.10 Å². The Hall–Kier alpha value is -3.21. The number of hydrogen-bond donors (Lipinski definition) is 1. The van der Waals surface area contributed by atoms with Gasteiger partial charge in [-0.25, -0.2) is 4.68 Å². The number of para-hydroxylation sites is 1. The smallest absolute Gasteiger partial charge is 0.276 e. The minimum Gasteiger partial charge on any atom is -0.320 e. The number of nitrogens with one attached hydrogen (secondary N) is 1. The number of hydrogen-bond acceptors (Lipinski definition) is 3. The number of benzene rings is 2. The fraction of sp³-hybridized carbons (Fsp3) is 0.227. The Kier molecular flexibility index (Phi) is 4.36. The van der Waals surface area contributed by atoms with Crippen molar-refractivity contribution in [3.05, 3.63) is 76.6 Å². The van der Waals surface area contributed by atoms with Crippen LogP contribution in [-0.4, -0.2) is 21.5 Å². The maximum atomic E-state index is 12.9. The van der Waals surface area contributed by atoms with Crippen LogP contribution in [0.1, 0.15) is 51.0 Å². The van der Waals surface area contributed by atoms with Gasteiger partial charge in [0.25, 0.3) is 5.91 Å². The number of anilines is 1. The number of fused-ring (bicyclic) bond motifs is 1. The van der Waals surface area contributed by atoms with E-state index >= 15 is 0 Å². The third-order valence-corrected chi connectivity index (χ3v) is 4.98. The fourth-order valence-corrected chi connectivity index (χ4v) is 3.60. The predicted molar refractivity (Wildman–Crippen MR) is 105 cm³/mol. The summed E-state index contributed by atoms with van der Waals surface area (Å²) in [6.45, 7) is 3.54. The summed E-state index contributed by atoms with van der Waals surface area (Å²) < 4.78 is 1.88. The van der Waals surface area contributed by atoms with Crippen LogP contribution in [0.4, 0.5) is 5.69 Å². The van der Waals surface area contributed by atoms with E-state index in [9.17, 15) is 9.59 Å². The van der Waals surface area contributed by atoms with E-state index in [-0.39, 0.29) is 11.7 Å². The first-order valence-corrected chi connectivity index (χ1v) is 9.13. The molecule has 1 aliphatic carbocycles. The molecule has 1 aliphatic rings. The molecule has 0 spiro atoms. The standard InChI is InChI=1S/C22H21N3O2/c1-14-10-12-16(13-11-14)25-20-9-5-7-18(20)21(24-25)22(27)23-19-8-4-3-6-17(19)15(2)26/h3-4,6,8,10-13H,5,7,9H2,1-2H3,(H,23,27). The molecule has 0 saturated carbocycles. The summed E-state index contributed by atoms with van der Waals surface area (Å²) >= 11 is 0. The molecule has 1 N–H and O–H groups in total. The summed E-state index contributed by atoms with van der Waals surface area (Å²) in [5.74, 6) is -0.353. The van der Waals surface area contributed by atoms with Crippen LogP contribution in [0.3, 0.4) is 0 Å². The molecule has 1 amide bonds. The van der Waals surface area contributed by atoms with Gasteiger partial charge in [-0.15, -0.1) is 0 Å². The van der Waals surface area contributed by atoms with Gasteiger partial charge in [-0.1, -0.05) is 29.8 Å². The van der Waals surface area contributed by atoms with Gasteiger partial charge in [0.05, 0.1) is 11.4 Å². The molecule has 5 heteroatoms. The number of amides is 1. The largest absolute Gasteiger partial charge is 0.320 e. The number of Topliss-reactive ketones (excluding diaryl/α,β-unsaturated/α-hetero) is 1. The number of carbonyl (C=O) groups excluding carboxylic acids is 2. The van der Waals surface area contributed by atoms with Gasteiger partial charge >= 0.3 is 0 Å². The Bertz CT molecular complexity index is 1030. The monoisotopic (exact) mass is 359 g/mol. The highest BCUT2D eigenvalue weighted by Crippen LogP contribution is 2.29. The first kappa shape index (κ1) is 17.2. The molecular formula is C22H21N3O2. The van der Waals surface area contributed by atoms with Crippen LogP contribution in [0.2, 0.25) is 0 Å². The zero-order chi connectivity index (χ0) is 19.0. The van der Waals surface area contributed by atoms with E-state index in [1.165, 1.54) is 12.5 Å². The molecule has 3 aromatic rings. The van der Waals surface area contributed by atoms with Gasteiger partial charge in [-0.3, -0.25) is 9.59 Å². The number of rotatable bonds is 4. The Balaban J connectivity index is 1.71. The van der Waals surface area contributed by atoms with Gasteiger partial charge in [0, 0.05) is 16.8 Å². The normalized spacial score (nSPS) is 12.7. The summed E-state index contributed by atoms with van der Waals surface area (Å²) in [5, 5.41) is 7.50. The minimum atomic E-state index is -0.271. The van der Waals surface area contributed by atoms with Crippen LogP contribution < -0.4 is 5.32 Å². The molecule has 0 atom stereocenters. The lowest BCUT2D eigenvalue weighted by Crippen LogP contribution is -2.16. The minimum absolute atomic E-state index is 0.0821. The van der Waals surface area contributed by atoms with Crippen LogP contribution in [0.5, 0.6) is 0 Å². The van der Waals surface area contributed by atoms with Crippen molar-refractivity contribution < 1.29 is 9.59 Å². The number of nitrogens with zero attached hydrogens (tertiary/aromatic N) is 2. The third kappa shape index (κ3) is 3.16. The van der Waals surface area contributed by atoms with Crippen LogP contribution in [0.25, 0.3) is 5.69 Å². The summed E-state index contributed by atoms with van der Waals surface area (Å²) in [6, 6.07) is 15.2. The molecule has 0 fully saturated rings. The SMILES string of the molecule is CC(=O)c1ccccc1NC(=O)c1nn(-c2ccc(C)cc2)c2c1CCC2. The first-order valence-electron chi connectivity index (χ1n) is 9.13. The molecule has 1 heterocycles. The summed E-state index contributed by atoms with van der Waals surface area (Å²) in [5.41, 5.74) is 5.72. The fourth-order valence-electron chi connectivity index (χ4n) is 3.60. The quantitative estimate of drug-likeness (QED) is 0.713. The van der Waals surface area contributed by atoms with Gasteiger partial charge in [0.2, 0.25) is 0 Å². The van der Waals surface area contributed by atoms with Crippen molar-refractivity contribution in [2.45, 2.75) is 33.1 Å². The van der Waals surface area contributed by atoms with Gasteiger partial charge < -0.3 is 5.32 Å². The van der Waals surface area contributed by atoms with E-state index in [1.54, 1.807) is 24.3 Å². The van der Waals surface area contributed by atoms with E-state index in [1.807, 2.05) is 35.9 Å². The van der Waals surface area contributed by atoms with E-state index < -0.39 is 0 Å². The highest BCUT2D eigenvalue weighted by atomic mass is 16.2. The topological polar surface area (TPSA) is 64.0 Å². The first-order chi connectivity index (χ1) is 13.0. The Morgan fingerprint density at radius 3 is 2.52 bits per heavy atom. The third-order valence-electron chi connectivity index (χ3n) is 4.98. The lowest BCUT2D eigenvalue weighted by molar-refractivity contribution is 0.101. The number of aryl methyl sites for hydroxylation is 1. The molecule has 0 bridgehead atoms. The van der Waals surface area contributed by atoms with Crippen molar-refractivity contribution in [2.24, 2.45) is 0 Å².